The minimum Gasteiger partial charge on any atom is -0.355 e. The summed E-state index contributed by atoms with van der Waals surface area (Å²) in [5.41, 5.74) is 2.79. The number of hydrogen-bond donors (Lipinski definition) is 3. The molecule has 0 aliphatic rings. The van der Waals surface area contributed by atoms with Gasteiger partial charge in [-0.3, -0.25) is 4.79 Å². The molecule has 3 N–H and O–H groups in total. The molecule has 0 fully saturated rings. The molecular formula is C18H19FN4OS. The monoisotopic (exact) mass is 358 g/mol. The Morgan fingerprint density at radius 2 is 1.92 bits per heavy atom. The molecule has 2 aromatic carbocycles. The second-order valence-electron chi connectivity index (χ2n) is 5.66. The zero-order valence-corrected chi connectivity index (χ0v) is 15.0. The lowest BCUT2D eigenvalue weighted by atomic mass is 10.1. The first kappa shape index (κ1) is 17.3. The average molecular weight is 358 g/mol. The van der Waals surface area contributed by atoms with Crippen LogP contribution in [0.4, 0.5) is 15.2 Å². The Labute approximate surface area is 149 Å². The van der Waals surface area contributed by atoms with Crippen LogP contribution in [0.15, 0.2) is 36.4 Å². The van der Waals surface area contributed by atoms with Crippen molar-refractivity contribution < 1.29 is 9.18 Å². The van der Waals surface area contributed by atoms with Crippen molar-refractivity contribution in [1.29, 1.82) is 0 Å². The number of hydrogen-bond acceptors (Lipinski definition) is 5. The molecular weight excluding hydrogens is 339 g/mol. The quantitative estimate of drug-likeness (QED) is 0.649. The van der Waals surface area contributed by atoms with Crippen molar-refractivity contribution in [2.45, 2.75) is 13.0 Å². The number of anilines is 2. The summed E-state index contributed by atoms with van der Waals surface area (Å²) in [4.78, 5) is 16.4. The van der Waals surface area contributed by atoms with Gasteiger partial charge in [0.25, 0.3) is 5.91 Å². The zero-order valence-electron chi connectivity index (χ0n) is 14.2. The minimum atomic E-state index is -0.452. The first-order chi connectivity index (χ1) is 12.0. The van der Waals surface area contributed by atoms with Crippen LogP contribution in [0.1, 0.15) is 28.9 Å². The fourth-order valence-corrected chi connectivity index (χ4v) is 3.44. The summed E-state index contributed by atoms with van der Waals surface area (Å²) >= 11 is 1.31. The van der Waals surface area contributed by atoms with Gasteiger partial charge in [0.2, 0.25) is 0 Å². The Kier molecular flexibility index (Phi) is 4.96. The molecule has 130 valence electrons. The number of thiazole rings is 1. The van der Waals surface area contributed by atoms with Crippen LogP contribution in [0.2, 0.25) is 0 Å². The van der Waals surface area contributed by atoms with Crippen molar-refractivity contribution in [2.24, 2.45) is 0 Å². The number of nitrogens with zero attached hydrogens (tertiary/aromatic N) is 1. The maximum Gasteiger partial charge on any atom is 0.253 e. The van der Waals surface area contributed by atoms with Crippen molar-refractivity contribution in [1.82, 2.24) is 15.6 Å². The highest BCUT2D eigenvalue weighted by Gasteiger charge is 2.15. The molecule has 0 radical (unpaired) electrons. The van der Waals surface area contributed by atoms with E-state index in [-0.39, 0.29) is 17.5 Å². The summed E-state index contributed by atoms with van der Waals surface area (Å²) in [6.07, 6.45) is 0. The predicted molar refractivity (Wildman–Crippen MR) is 100 cm³/mol. The number of nitrogens with one attached hydrogen (secondary N) is 3. The number of carbonyl (C=O) groups excluding carboxylic acids is 1. The molecule has 5 nitrogen and oxygen atoms in total. The van der Waals surface area contributed by atoms with Crippen molar-refractivity contribution in [3.8, 4) is 0 Å². The summed E-state index contributed by atoms with van der Waals surface area (Å²) in [7, 11) is 3.43. The fourth-order valence-electron chi connectivity index (χ4n) is 2.50. The second-order valence-corrected chi connectivity index (χ2v) is 6.69. The Bertz CT molecular complexity index is 907. The lowest BCUT2D eigenvalue weighted by Gasteiger charge is -2.11. The Hall–Kier alpha value is -2.51. The molecule has 0 aliphatic carbocycles. The van der Waals surface area contributed by atoms with E-state index in [1.165, 1.54) is 36.1 Å². The summed E-state index contributed by atoms with van der Waals surface area (Å²) < 4.78 is 14.4. The van der Waals surface area contributed by atoms with Crippen LogP contribution in [0.3, 0.4) is 0 Å². The standard InChI is InChI=1S/C18H19FN4OS/c1-10(20-2)11-4-6-13(7-5-11)22-18-23-16-14(17(24)21-3)8-12(19)9-15(16)25-18/h4-10,20H,1-3H3,(H,21,24)(H,22,23). The summed E-state index contributed by atoms with van der Waals surface area (Å²) in [5.74, 6) is -0.807. The van der Waals surface area contributed by atoms with E-state index in [0.29, 0.717) is 15.3 Å². The van der Waals surface area contributed by atoms with Gasteiger partial charge in [-0.05, 0) is 43.8 Å². The number of benzene rings is 2. The maximum absolute atomic E-state index is 13.8. The number of rotatable bonds is 5. The van der Waals surface area contributed by atoms with E-state index in [0.717, 1.165) is 5.69 Å². The highest BCUT2D eigenvalue weighted by Crippen LogP contribution is 2.31. The van der Waals surface area contributed by atoms with Gasteiger partial charge in [-0.15, -0.1) is 0 Å². The normalized spacial score (nSPS) is 12.2. The molecule has 0 saturated heterocycles. The summed E-state index contributed by atoms with van der Waals surface area (Å²) in [5, 5.41) is 9.53. The van der Waals surface area contributed by atoms with Crippen LogP contribution >= 0.6 is 11.3 Å². The Balaban J connectivity index is 1.91. The lowest BCUT2D eigenvalue weighted by Crippen LogP contribution is -2.18. The van der Waals surface area contributed by atoms with Gasteiger partial charge in [0, 0.05) is 18.8 Å². The van der Waals surface area contributed by atoms with Crippen LogP contribution in [-0.2, 0) is 0 Å². The van der Waals surface area contributed by atoms with Gasteiger partial charge in [0.05, 0.1) is 15.8 Å². The van der Waals surface area contributed by atoms with E-state index in [1.807, 2.05) is 31.3 Å². The van der Waals surface area contributed by atoms with E-state index >= 15 is 0 Å². The Morgan fingerprint density at radius 3 is 2.56 bits per heavy atom. The molecule has 1 aromatic heterocycles. The molecule has 25 heavy (non-hydrogen) atoms. The third kappa shape index (κ3) is 3.62. The Morgan fingerprint density at radius 1 is 1.20 bits per heavy atom. The van der Waals surface area contributed by atoms with E-state index in [1.54, 1.807) is 0 Å². The van der Waals surface area contributed by atoms with Gasteiger partial charge in [-0.1, -0.05) is 23.5 Å². The molecule has 3 rings (SSSR count). The molecule has 0 aliphatic heterocycles. The molecule has 0 spiro atoms. The van der Waals surface area contributed by atoms with Crippen molar-refractivity contribution in [2.75, 3.05) is 19.4 Å². The third-order valence-electron chi connectivity index (χ3n) is 4.03. The zero-order chi connectivity index (χ0) is 18.0. The second kappa shape index (κ2) is 7.16. The number of amides is 1. The van der Waals surface area contributed by atoms with Gasteiger partial charge < -0.3 is 16.0 Å². The third-order valence-corrected chi connectivity index (χ3v) is 4.94. The average Bonchev–Trinajstić information content (AvgIpc) is 3.02. The molecule has 0 saturated carbocycles. The van der Waals surface area contributed by atoms with Crippen LogP contribution < -0.4 is 16.0 Å². The number of halogens is 1. The molecule has 0 bridgehead atoms. The van der Waals surface area contributed by atoms with Crippen molar-refractivity contribution in [3.63, 3.8) is 0 Å². The topological polar surface area (TPSA) is 66.1 Å². The molecule has 1 heterocycles. The highest BCUT2D eigenvalue weighted by molar-refractivity contribution is 7.22. The first-order valence-corrected chi connectivity index (χ1v) is 8.70. The van der Waals surface area contributed by atoms with Gasteiger partial charge in [-0.2, -0.15) is 0 Å². The van der Waals surface area contributed by atoms with E-state index in [9.17, 15) is 9.18 Å². The first-order valence-electron chi connectivity index (χ1n) is 7.88. The van der Waals surface area contributed by atoms with Crippen molar-refractivity contribution in [3.05, 3.63) is 53.3 Å². The molecule has 1 unspecified atom stereocenters. The SMILES string of the molecule is CNC(=O)c1cc(F)cc2sc(Nc3ccc(C(C)NC)cc3)nc12. The van der Waals surface area contributed by atoms with Crippen molar-refractivity contribution >= 4 is 38.3 Å². The molecule has 3 aromatic rings. The van der Waals surface area contributed by atoms with Gasteiger partial charge in [-0.25, -0.2) is 9.37 Å². The lowest BCUT2D eigenvalue weighted by molar-refractivity contribution is 0.0964. The van der Waals surface area contributed by atoms with Crippen LogP contribution in [0.5, 0.6) is 0 Å². The van der Waals surface area contributed by atoms with E-state index in [4.69, 9.17) is 0 Å². The predicted octanol–water partition coefficient (Wildman–Crippen LogP) is 3.82. The van der Waals surface area contributed by atoms with Crippen LogP contribution in [-0.4, -0.2) is 25.0 Å². The number of aromatic nitrogens is 1. The van der Waals surface area contributed by atoms with Crippen LogP contribution in [0, 0.1) is 5.82 Å². The van der Waals surface area contributed by atoms with Crippen LogP contribution in [0.25, 0.3) is 10.2 Å². The van der Waals surface area contributed by atoms with E-state index < -0.39 is 5.82 Å². The molecule has 7 heteroatoms. The highest BCUT2D eigenvalue weighted by atomic mass is 32.1. The smallest absolute Gasteiger partial charge is 0.253 e. The number of carbonyl (C=O) groups is 1. The number of fused-ring (bicyclic) bond motifs is 1. The fraction of sp³-hybridized carbons (Fsp3) is 0.222. The summed E-state index contributed by atoms with van der Waals surface area (Å²) in [6, 6.07) is 10.9. The van der Waals surface area contributed by atoms with Gasteiger partial charge >= 0.3 is 0 Å². The molecule has 1 atom stereocenters. The molecule has 1 amide bonds. The summed E-state index contributed by atoms with van der Waals surface area (Å²) in [6.45, 7) is 2.09. The minimum absolute atomic E-state index is 0.236. The van der Waals surface area contributed by atoms with E-state index in [2.05, 4.69) is 27.9 Å². The largest absolute Gasteiger partial charge is 0.355 e. The maximum atomic E-state index is 13.8. The van der Waals surface area contributed by atoms with Gasteiger partial charge in [0.1, 0.15) is 5.82 Å². The van der Waals surface area contributed by atoms with Gasteiger partial charge in [0.15, 0.2) is 5.13 Å².